The third kappa shape index (κ3) is 5.32. The van der Waals surface area contributed by atoms with Crippen molar-refractivity contribution >= 4 is 11.8 Å². The molecular weight excluding hydrogens is 359 g/mol. The number of pyridine rings is 2. The smallest absolute Gasteiger partial charge is 0.356 e. The van der Waals surface area contributed by atoms with E-state index in [1.807, 2.05) is 23.1 Å². The fraction of sp³-hybridized carbons (Fsp3) is 0.389. The lowest BCUT2D eigenvalue weighted by Crippen LogP contribution is -2.48. The van der Waals surface area contributed by atoms with Crippen LogP contribution >= 0.6 is 0 Å². The van der Waals surface area contributed by atoms with Crippen molar-refractivity contribution in [3.63, 3.8) is 0 Å². The second-order valence-corrected chi connectivity index (χ2v) is 6.31. The minimum atomic E-state index is -4.38. The molecular formula is C18H20F3N5O. The number of carbonyl (C=O) groups is 1. The lowest BCUT2D eigenvalue weighted by Gasteiger charge is -2.33. The first-order valence-electron chi connectivity index (χ1n) is 8.64. The molecule has 0 unspecified atom stereocenters. The number of nitrogens with zero attached hydrogens (tertiary/aromatic N) is 3. The number of carbonyl (C=O) groups excluding carboxylic acids is 1. The van der Waals surface area contributed by atoms with Crippen LogP contribution in [0.4, 0.5) is 23.8 Å². The third-order valence-electron chi connectivity index (χ3n) is 4.39. The summed E-state index contributed by atoms with van der Waals surface area (Å²) >= 11 is 0. The first-order chi connectivity index (χ1) is 12.9. The van der Waals surface area contributed by atoms with Crippen molar-refractivity contribution in [2.75, 3.05) is 18.0 Å². The molecule has 1 fully saturated rings. The number of rotatable bonds is 4. The second-order valence-electron chi connectivity index (χ2n) is 6.31. The number of piperidine rings is 1. The number of urea groups is 1. The van der Waals surface area contributed by atoms with Crippen LogP contribution in [0, 0.1) is 0 Å². The summed E-state index contributed by atoms with van der Waals surface area (Å²) in [6.45, 7) is 1.58. The molecule has 0 spiro atoms. The fourth-order valence-corrected chi connectivity index (χ4v) is 2.90. The average Bonchev–Trinajstić information content (AvgIpc) is 2.67. The number of halogens is 3. The predicted molar refractivity (Wildman–Crippen MR) is 94.1 cm³/mol. The molecule has 1 saturated heterocycles. The van der Waals surface area contributed by atoms with Crippen molar-refractivity contribution in [1.29, 1.82) is 0 Å². The minimum absolute atomic E-state index is 0.0134. The summed E-state index contributed by atoms with van der Waals surface area (Å²) in [5, 5.41) is 5.68. The van der Waals surface area contributed by atoms with Gasteiger partial charge in [-0.2, -0.15) is 13.2 Å². The molecule has 144 valence electrons. The molecule has 0 bridgehead atoms. The molecule has 2 N–H and O–H groups in total. The summed E-state index contributed by atoms with van der Waals surface area (Å²) in [5.41, 5.74) is 0.0169. The molecule has 0 radical (unpaired) electrons. The number of aromatic nitrogens is 2. The Morgan fingerprint density at radius 1 is 1.15 bits per heavy atom. The summed E-state index contributed by atoms with van der Waals surface area (Å²) in [6, 6.07) is 7.67. The van der Waals surface area contributed by atoms with E-state index in [2.05, 4.69) is 20.6 Å². The molecule has 2 aromatic heterocycles. The van der Waals surface area contributed by atoms with Crippen LogP contribution in [0.5, 0.6) is 0 Å². The van der Waals surface area contributed by atoms with E-state index >= 15 is 0 Å². The number of alkyl halides is 3. The van der Waals surface area contributed by atoms with Crippen LogP contribution in [-0.4, -0.2) is 35.1 Å². The normalized spacial score (nSPS) is 15.4. The van der Waals surface area contributed by atoms with Gasteiger partial charge in [0.25, 0.3) is 0 Å². The monoisotopic (exact) mass is 379 g/mol. The Balaban J connectivity index is 1.44. The van der Waals surface area contributed by atoms with Crippen LogP contribution < -0.4 is 15.5 Å². The van der Waals surface area contributed by atoms with Gasteiger partial charge in [0.2, 0.25) is 0 Å². The number of hydrogen-bond acceptors (Lipinski definition) is 4. The van der Waals surface area contributed by atoms with Gasteiger partial charge in [-0.3, -0.25) is 4.98 Å². The van der Waals surface area contributed by atoms with Crippen LogP contribution in [0.2, 0.25) is 0 Å². The number of hydrogen-bond donors (Lipinski definition) is 2. The molecule has 3 rings (SSSR count). The van der Waals surface area contributed by atoms with Crippen LogP contribution in [0.3, 0.4) is 0 Å². The second kappa shape index (κ2) is 8.24. The summed E-state index contributed by atoms with van der Waals surface area (Å²) in [7, 11) is 0. The molecule has 6 nitrogen and oxygen atoms in total. The lowest BCUT2D eigenvalue weighted by molar-refractivity contribution is -0.137. The van der Waals surface area contributed by atoms with Gasteiger partial charge in [0.05, 0.1) is 17.8 Å². The molecule has 0 atom stereocenters. The van der Waals surface area contributed by atoms with Gasteiger partial charge in [-0.25, -0.2) is 9.78 Å². The van der Waals surface area contributed by atoms with Crippen molar-refractivity contribution in [1.82, 2.24) is 20.6 Å². The number of nitrogens with one attached hydrogen (secondary N) is 2. The molecule has 1 aliphatic rings. The SMILES string of the molecule is O=C(NCc1ccccn1)NC1CCN(c2ccc(C(F)(F)F)cn2)CC1. The molecule has 0 aliphatic carbocycles. The van der Waals surface area contributed by atoms with Crippen LogP contribution in [0.15, 0.2) is 42.7 Å². The Morgan fingerprint density at radius 3 is 2.52 bits per heavy atom. The van der Waals surface area contributed by atoms with Crippen molar-refractivity contribution in [3.8, 4) is 0 Å². The maximum Gasteiger partial charge on any atom is 0.417 e. The van der Waals surface area contributed by atoms with Gasteiger partial charge in [0.1, 0.15) is 5.82 Å². The van der Waals surface area contributed by atoms with Gasteiger partial charge < -0.3 is 15.5 Å². The zero-order chi connectivity index (χ0) is 19.3. The van der Waals surface area contributed by atoms with E-state index in [0.717, 1.165) is 18.0 Å². The Hall–Kier alpha value is -2.84. The maximum absolute atomic E-state index is 12.6. The van der Waals surface area contributed by atoms with Gasteiger partial charge in [0.15, 0.2) is 0 Å². The van der Waals surface area contributed by atoms with Gasteiger partial charge in [-0.1, -0.05) is 6.07 Å². The minimum Gasteiger partial charge on any atom is -0.356 e. The van der Waals surface area contributed by atoms with Crippen LogP contribution in [0.1, 0.15) is 24.1 Å². The lowest BCUT2D eigenvalue weighted by atomic mass is 10.1. The highest BCUT2D eigenvalue weighted by atomic mass is 19.4. The van der Waals surface area contributed by atoms with E-state index in [4.69, 9.17) is 0 Å². The van der Waals surface area contributed by atoms with Crippen LogP contribution in [-0.2, 0) is 12.7 Å². The van der Waals surface area contributed by atoms with E-state index in [-0.39, 0.29) is 12.1 Å². The predicted octanol–water partition coefficient (Wildman–Crippen LogP) is 2.96. The first kappa shape index (κ1) is 18.9. The summed E-state index contributed by atoms with van der Waals surface area (Å²) < 4.78 is 37.8. The fourth-order valence-electron chi connectivity index (χ4n) is 2.90. The van der Waals surface area contributed by atoms with Gasteiger partial charge in [0, 0.05) is 31.5 Å². The number of amides is 2. The van der Waals surface area contributed by atoms with Crippen LogP contribution in [0.25, 0.3) is 0 Å². The molecule has 0 saturated carbocycles. The maximum atomic E-state index is 12.6. The highest BCUT2D eigenvalue weighted by Gasteiger charge is 2.31. The van der Waals surface area contributed by atoms with Crippen molar-refractivity contribution < 1.29 is 18.0 Å². The van der Waals surface area contributed by atoms with E-state index in [0.29, 0.717) is 38.3 Å². The third-order valence-corrected chi connectivity index (χ3v) is 4.39. The Labute approximate surface area is 154 Å². The Bertz CT molecular complexity index is 744. The quantitative estimate of drug-likeness (QED) is 0.857. The van der Waals surface area contributed by atoms with Crippen molar-refractivity contribution in [2.24, 2.45) is 0 Å². The van der Waals surface area contributed by atoms with Crippen molar-refractivity contribution in [3.05, 3.63) is 54.0 Å². The highest BCUT2D eigenvalue weighted by Crippen LogP contribution is 2.29. The molecule has 0 aromatic carbocycles. The molecule has 3 heterocycles. The Morgan fingerprint density at radius 2 is 1.93 bits per heavy atom. The van der Waals surface area contributed by atoms with E-state index < -0.39 is 11.7 Å². The molecule has 2 amide bonds. The van der Waals surface area contributed by atoms with E-state index in [9.17, 15) is 18.0 Å². The molecule has 27 heavy (non-hydrogen) atoms. The molecule has 1 aliphatic heterocycles. The molecule has 9 heteroatoms. The first-order valence-corrected chi connectivity index (χ1v) is 8.64. The standard InChI is InChI=1S/C18H20F3N5O/c19-18(20,21)13-4-5-16(23-11-13)26-9-6-14(7-10-26)25-17(27)24-12-15-3-1-2-8-22-15/h1-5,8,11,14H,6-7,9-10,12H2,(H2,24,25,27). The van der Waals surface area contributed by atoms with Crippen molar-refractivity contribution in [2.45, 2.75) is 31.6 Å². The summed E-state index contributed by atoms with van der Waals surface area (Å²) in [5.74, 6) is 0.515. The summed E-state index contributed by atoms with van der Waals surface area (Å²) in [6.07, 6.45) is -0.477. The summed E-state index contributed by atoms with van der Waals surface area (Å²) in [4.78, 5) is 22.0. The number of anilines is 1. The topological polar surface area (TPSA) is 70.2 Å². The van der Waals surface area contributed by atoms with E-state index in [1.165, 1.54) is 6.07 Å². The average molecular weight is 379 g/mol. The largest absolute Gasteiger partial charge is 0.417 e. The highest BCUT2D eigenvalue weighted by molar-refractivity contribution is 5.74. The Kier molecular flexibility index (Phi) is 5.78. The van der Waals surface area contributed by atoms with Gasteiger partial charge in [-0.05, 0) is 37.1 Å². The van der Waals surface area contributed by atoms with Gasteiger partial charge in [-0.15, -0.1) is 0 Å². The molecule has 2 aromatic rings. The van der Waals surface area contributed by atoms with E-state index in [1.54, 1.807) is 6.20 Å². The van der Waals surface area contributed by atoms with Gasteiger partial charge >= 0.3 is 12.2 Å². The zero-order valence-electron chi connectivity index (χ0n) is 14.5. The zero-order valence-corrected chi connectivity index (χ0v) is 14.5.